The van der Waals surface area contributed by atoms with E-state index in [9.17, 15) is 13.0 Å². The molecule has 2 N–H and O–H groups in total. The van der Waals surface area contributed by atoms with E-state index >= 15 is 0 Å². The highest BCUT2D eigenvalue weighted by Crippen LogP contribution is 2.08. The molecule has 1 aromatic rings. The van der Waals surface area contributed by atoms with Crippen LogP contribution in [0.15, 0.2) is 18.3 Å². The van der Waals surface area contributed by atoms with Gasteiger partial charge in [0, 0.05) is 6.07 Å². The van der Waals surface area contributed by atoms with E-state index < -0.39 is 10.4 Å². The van der Waals surface area contributed by atoms with Crippen LogP contribution in [-0.4, -0.2) is 63.8 Å². The lowest BCUT2D eigenvalue weighted by atomic mass is 10.4. The van der Waals surface area contributed by atoms with Gasteiger partial charge in [-0.25, -0.2) is 13.4 Å². The first-order valence-electron chi connectivity index (χ1n) is 5.70. The summed E-state index contributed by atoms with van der Waals surface area (Å²) in [5, 5.41) is 0. The molecular formula is C11H21N3O5S. The van der Waals surface area contributed by atoms with Crippen molar-refractivity contribution >= 4 is 16.1 Å². The normalized spacial score (nSPS) is 11.4. The van der Waals surface area contributed by atoms with Gasteiger partial charge in [-0.1, -0.05) is 0 Å². The van der Waals surface area contributed by atoms with Crippen LogP contribution in [0.2, 0.25) is 0 Å². The van der Waals surface area contributed by atoms with E-state index in [0.717, 1.165) is 18.1 Å². The standard InChI is InChI=1S/C10H18N3O.CH4O4S/c1-13(2,3)6-7-14-10-5-4-9(11)8-12-10;1-5-6(2,3)4/h4-5,8H,6-7,11H2,1-3H3;1H3,(H,2,3,4)/q+1;/p-1. The van der Waals surface area contributed by atoms with E-state index in [1.165, 1.54) is 0 Å². The maximum absolute atomic E-state index is 9.22. The van der Waals surface area contributed by atoms with Gasteiger partial charge in [0.15, 0.2) is 0 Å². The Labute approximate surface area is 119 Å². The summed E-state index contributed by atoms with van der Waals surface area (Å²) in [4.78, 5) is 4.04. The van der Waals surface area contributed by atoms with Gasteiger partial charge in [-0.05, 0) is 6.07 Å². The van der Waals surface area contributed by atoms with E-state index in [2.05, 4.69) is 30.3 Å². The number of pyridine rings is 1. The molecule has 0 atom stereocenters. The fourth-order valence-electron chi connectivity index (χ4n) is 0.901. The Balaban J connectivity index is 0.000000511. The fraction of sp³-hybridized carbons (Fsp3) is 0.545. The van der Waals surface area contributed by atoms with Gasteiger partial charge in [-0.15, -0.1) is 0 Å². The molecule has 0 radical (unpaired) electrons. The summed E-state index contributed by atoms with van der Waals surface area (Å²) < 4.78 is 37.4. The van der Waals surface area contributed by atoms with Crippen LogP contribution >= 0.6 is 0 Å². The third-order valence-electron chi connectivity index (χ3n) is 1.98. The second-order valence-electron chi connectivity index (χ2n) is 4.87. The van der Waals surface area contributed by atoms with E-state index in [4.69, 9.17) is 10.5 Å². The molecule has 0 aliphatic rings. The molecule has 0 fully saturated rings. The zero-order valence-electron chi connectivity index (χ0n) is 12.1. The highest BCUT2D eigenvalue weighted by molar-refractivity contribution is 7.80. The van der Waals surface area contributed by atoms with Gasteiger partial charge < -0.3 is 19.5 Å². The van der Waals surface area contributed by atoms with Crippen LogP contribution in [0.3, 0.4) is 0 Å². The lowest BCUT2D eigenvalue weighted by Crippen LogP contribution is -2.38. The van der Waals surface area contributed by atoms with E-state index in [1.54, 1.807) is 18.3 Å². The fourth-order valence-corrected chi connectivity index (χ4v) is 0.901. The Hall–Kier alpha value is -1.42. The summed E-state index contributed by atoms with van der Waals surface area (Å²) in [7, 11) is 2.77. The highest BCUT2D eigenvalue weighted by atomic mass is 32.3. The number of quaternary nitrogens is 1. The van der Waals surface area contributed by atoms with Crippen molar-refractivity contribution in [3.8, 4) is 5.88 Å². The topological polar surface area (TPSA) is 115 Å². The van der Waals surface area contributed by atoms with Gasteiger partial charge in [-0.3, -0.25) is 4.18 Å². The number of aromatic nitrogens is 1. The minimum absolute atomic E-state index is 0.632. The van der Waals surface area contributed by atoms with Gasteiger partial charge >= 0.3 is 0 Å². The second-order valence-corrected chi connectivity index (χ2v) is 6.02. The first-order chi connectivity index (χ1) is 9.03. The molecule has 0 aliphatic carbocycles. The average molecular weight is 307 g/mol. The molecule has 0 unspecified atom stereocenters. The van der Waals surface area contributed by atoms with Crippen LogP contribution in [0.4, 0.5) is 5.69 Å². The van der Waals surface area contributed by atoms with E-state index in [1.807, 2.05) is 0 Å². The molecule has 0 aliphatic heterocycles. The summed E-state index contributed by atoms with van der Waals surface area (Å²) in [6, 6.07) is 3.57. The molecule has 1 rings (SSSR count). The van der Waals surface area contributed by atoms with Crippen LogP contribution < -0.4 is 10.5 Å². The second kappa shape index (κ2) is 8.00. The van der Waals surface area contributed by atoms with Crippen LogP contribution in [0, 0.1) is 0 Å². The molecule has 9 heteroatoms. The smallest absolute Gasteiger partial charge is 0.217 e. The number of nitrogens with zero attached hydrogens (tertiary/aromatic N) is 2. The molecule has 0 bridgehead atoms. The molecular weight excluding hydrogens is 286 g/mol. The van der Waals surface area contributed by atoms with Crippen molar-refractivity contribution in [2.75, 3.05) is 47.1 Å². The molecule has 116 valence electrons. The molecule has 1 heterocycles. The molecule has 0 aromatic carbocycles. The van der Waals surface area contributed by atoms with Crippen molar-refractivity contribution in [3.63, 3.8) is 0 Å². The number of likely N-dealkylation sites (N-methyl/N-ethyl adjacent to an activating group) is 1. The van der Waals surface area contributed by atoms with Crippen molar-refractivity contribution in [2.45, 2.75) is 0 Å². The maximum atomic E-state index is 9.22. The van der Waals surface area contributed by atoms with Gasteiger partial charge in [0.2, 0.25) is 16.3 Å². The third kappa shape index (κ3) is 11.7. The maximum Gasteiger partial charge on any atom is 0.217 e. The predicted octanol–water partition coefficient (Wildman–Crippen LogP) is -0.158. The zero-order chi connectivity index (χ0) is 15.8. The predicted molar refractivity (Wildman–Crippen MR) is 73.8 cm³/mol. The highest BCUT2D eigenvalue weighted by Gasteiger charge is 2.06. The number of anilines is 1. The van der Waals surface area contributed by atoms with Crippen LogP contribution in [0.5, 0.6) is 5.88 Å². The largest absolute Gasteiger partial charge is 0.726 e. The van der Waals surface area contributed by atoms with Gasteiger partial charge in [0.25, 0.3) is 0 Å². The third-order valence-corrected chi connectivity index (χ3v) is 2.38. The van der Waals surface area contributed by atoms with Crippen molar-refractivity contribution in [3.05, 3.63) is 18.3 Å². The number of nitrogens with two attached hydrogens (primary N) is 1. The number of hydrogen-bond acceptors (Lipinski definition) is 7. The van der Waals surface area contributed by atoms with Crippen molar-refractivity contribution in [1.82, 2.24) is 4.98 Å². The molecule has 20 heavy (non-hydrogen) atoms. The molecule has 0 spiro atoms. The van der Waals surface area contributed by atoms with Crippen molar-refractivity contribution in [1.29, 1.82) is 0 Å². The summed E-state index contributed by atoms with van der Waals surface area (Å²) in [5.41, 5.74) is 6.16. The first-order valence-corrected chi connectivity index (χ1v) is 7.03. The van der Waals surface area contributed by atoms with Gasteiger partial charge in [0.05, 0.1) is 40.1 Å². The average Bonchev–Trinajstić information content (AvgIpc) is 2.30. The summed E-state index contributed by atoms with van der Waals surface area (Å²) in [6.07, 6.45) is 1.60. The Kier molecular flexibility index (Phi) is 7.43. The monoisotopic (exact) mass is 307 g/mol. The molecule has 0 saturated carbocycles. The van der Waals surface area contributed by atoms with E-state index in [-0.39, 0.29) is 0 Å². The van der Waals surface area contributed by atoms with Crippen molar-refractivity contribution in [2.24, 2.45) is 0 Å². The summed E-state index contributed by atoms with van der Waals surface area (Å²) in [5.74, 6) is 0.632. The SMILES string of the molecule is COS(=O)(=O)[O-].C[N+](C)(C)CCOc1ccc(N)cn1. The van der Waals surface area contributed by atoms with Crippen molar-refractivity contribution < 1.29 is 26.4 Å². The molecule has 8 nitrogen and oxygen atoms in total. The van der Waals surface area contributed by atoms with Crippen LogP contribution in [0.25, 0.3) is 0 Å². The number of hydrogen-bond donors (Lipinski definition) is 1. The lowest BCUT2D eigenvalue weighted by molar-refractivity contribution is -0.870. The van der Waals surface area contributed by atoms with E-state index in [0.29, 0.717) is 18.2 Å². The minimum atomic E-state index is -4.41. The first kappa shape index (κ1) is 18.6. The number of rotatable bonds is 5. The Morgan fingerprint density at radius 2 is 1.90 bits per heavy atom. The summed E-state index contributed by atoms with van der Waals surface area (Å²) >= 11 is 0. The molecule has 0 amide bonds. The van der Waals surface area contributed by atoms with Crippen LogP contribution in [0.1, 0.15) is 0 Å². The Morgan fingerprint density at radius 1 is 1.35 bits per heavy atom. The minimum Gasteiger partial charge on any atom is -0.726 e. The van der Waals surface area contributed by atoms with Crippen LogP contribution in [-0.2, 0) is 14.6 Å². The number of ether oxygens (including phenoxy) is 1. The van der Waals surface area contributed by atoms with Gasteiger partial charge in [-0.2, -0.15) is 0 Å². The van der Waals surface area contributed by atoms with Gasteiger partial charge in [0.1, 0.15) is 13.2 Å². The summed E-state index contributed by atoms with van der Waals surface area (Å²) in [6.45, 7) is 1.62. The Morgan fingerprint density at radius 3 is 2.25 bits per heavy atom. The molecule has 1 aromatic heterocycles. The number of nitrogen functional groups attached to an aromatic ring is 1. The lowest BCUT2D eigenvalue weighted by Gasteiger charge is -2.23. The molecule has 0 saturated heterocycles. The zero-order valence-corrected chi connectivity index (χ0v) is 12.9. The Bertz CT molecular complexity index is 482. The quantitative estimate of drug-likeness (QED) is 0.456.